The molecule has 0 aromatic carbocycles. The second-order valence-electron chi connectivity index (χ2n) is 0.699. The standard InChI is InChI=1S/C3H6OS2.Zn/c1-2-4-3(5)6;/h2H2,1H3,(H,5,6);. The summed E-state index contributed by atoms with van der Waals surface area (Å²) in [6.07, 6.45) is 0. The van der Waals surface area contributed by atoms with Crippen molar-refractivity contribution in [1.29, 1.82) is 0 Å². The van der Waals surface area contributed by atoms with Crippen molar-refractivity contribution in [3.63, 3.8) is 0 Å². The van der Waals surface area contributed by atoms with Crippen LogP contribution in [0.25, 0.3) is 0 Å². The van der Waals surface area contributed by atoms with Crippen molar-refractivity contribution in [2.24, 2.45) is 0 Å². The minimum absolute atomic E-state index is 0. The predicted molar refractivity (Wildman–Crippen MR) is 33.2 cm³/mol. The molecule has 0 fully saturated rings. The summed E-state index contributed by atoms with van der Waals surface area (Å²) in [5.41, 5.74) is 0. The molecular formula is C3H6OS2Zn. The summed E-state index contributed by atoms with van der Waals surface area (Å²) in [5.74, 6) is 0. The molecule has 0 spiro atoms. The van der Waals surface area contributed by atoms with Gasteiger partial charge in [-0.3, -0.25) is 0 Å². The van der Waals surface area contributed by atoms with E-state index >= 15 is 0 Å². The Balaban J connectivity index is 0. The number of hydrogen-bond donors (Lipinski definition) is 1. The van der Waals surface area contributed by atoms with Crippen LogP contribution in [0.3, 0.4) is 0 Å². The molecule has 0 aliphatic heterocycles. The maximum absolute atomic E-state index is 4.64. The molecule has 0 aromatic heterocycles. The SMILES string of the molecule is CCOC(=S)S.[Zn]. The first-order valence-electron chi connectivity index (χ1n) is 1.63. The fourth-order valence-electron chi connectivity index (χ4n) is 0.123. The van der Waals surface area contributed by atoms with Crippen LogP contribution in [0.1, 0.15) is 6.92 Å². The molecule has 0 bridgehead atoms. The molecule has 0 radical (unpaired) electrons. The summed E-state index contributed by atoms with van der Waals surface area (Å²) < 4.78 is 4.95. The topological polar surface area (TPSA) is 9.23 Å². The summed E-state index contributed by atoms with van der Waals surface area (Å²) in [6.45, 7) is 2.48. The molecule has 0 aliphatic carbocycles. The zero-order chi connectivity index (χ0) is 4.99. The maximum Gasteiger partial charge on any atom is 0.216 e. The molecule has 4 heteroatoms. The van der Waals surface area contributed by atoms with Crippen molar-refractivity contribution in [2.45, 2.75) is 6.92 Å². The van der Waals surface area contributed by atoms with Gasteiger partial charge in [-0.05, 0) is 19.1 Å². The summed E-state index contributed by atoms with van der Waals surface area (Å²) in [7, 11) is 0. The van der Waals surface area contributed by atoms with Gasteiger partial charge in [0.2, 0.25) is 4.38 Å². The molecule has 0 amide bonds. The van der Waals surface area contributed by atoms with Gasteiger partial charge in [0.1, 0.15) is 0 Å². The minimum Gasteiger partial charge on any atom is -0.479 e. The van der Waals surface area contributed by atoms with Gasteiger partial charge in [-0.15, -0.1) is 0 Å². The van der Waals surface area contributed by atoms with Crippen molar-refractivity contribution in [3.05, 3.63) is 0 Å². The molecule has 0 heterocycles. The van der Waals surface area contributed by atoms with Crippen molar-refractivity contribution in [2.75, 3.05) is 6.61 Å². The van der Waals surface area contributed by atoms with E-state index in [2.05, 4.69) is 29.6 Å². The van der Waals surface area contributed by atoms with E-state index in [4.69, 9.17) is 0 Å². The van der Waals surface area contributed by atoms with Gasteiger partial charge in [0.25, 0.3) is 0 Å². The first kappa shape index (κ1) is 10.8. The van der Waals surface area contributed by atoms with E-state index in [1.807, 2.05) is 6.92 Å². The third kappa shape index (κ3) is 10.9. The van der Waals surface area contributed by atoms with Crippen LogP contribution < -0.4 is 0 Å². The number of hydrogen-bond acceptors (Lipinski definition) is 2. The zero-order valence-electron chi connectivity index (χ0n) is 4.18. The Kier molecular flexibility index (Phi) is 10.6. The van der Waals surface area contributed by atoms with Crippen molar-refractivity contribution < 1.29 is 24.2 Å². The molecular weight excluding hydrogens is 182 g/mol. The Bertz CT molecular complexity index is 56.9. The molecule has 38 valence electrons. The molecule has 0 rings (SSSR count). The largest absolute Gasteiger partial charge is 0.479 e. The summed E-state index contributed by atoms with van der Waals surface area (Å²) in [5, 5.41) is 0. The van der Waals surface area contributed by atoms with Gasteiger partial charge in [0, 0.05) is 19.5 Å². The van der Waals surface area contributed by atoms with E-state index in [0.717, 1.165) is 0 Å². The van der Waals surface area contributed by atoms with E-state index in [1.165, 1.54) is 0 Å². The van der Waals surface area contributed by atoms with Crippen LogP contribution >= 0.6 is 24.8 Å². The molecule has 0 aromatic rings. The molecule has 0 N–H and O–H groups in total. The first-order valence-corrected chi connectivity index (χ1v) is 2.48. The van der Waals surface area contributed by atoms with Gasteiger partial charge >= 0.3 is 0 Å². The Labute approximate surface area is 67.0 Å². The Hall–Kier alpha value is 0.863. The Morgan fingerprint density at radius 3 is 2.29 bits per heavy atom. The maximum atomic E-state index is 4.64. The van der Waals surface area contributed by atoms with E-state index in [-0.39, 0.29) is 19.5 Å². The number of rotatable bonds is 1. The van der Waals surface area contributed by atoms with Crippen LogP contribution in [0, 0.1) is 0 Å². The van der Waals surface area contributed by atoms with Gasteiger partial charge in [-0.2, -0.15) is 0 Å². The van der Waals surface area contributed by atoms with Crippen molar-refractivity contribution >= 4 is 29.2 Å². The van der Waals surface area contributed by atoms with Crippen LogP contribution in [0.15, 0.2) is 0 Å². The molecule has 0 aliphatic rings. The van der Waals surface area contributed by atoms with Gasteiger partial charge in [-0.25, -0.2) is 0 Å². The minimum atomic E-state index is 0. The monoisotopic (exact) mass is 186 g/mol. The average molecular weight is 188 g/mol. The predicted octanol–water partition coefficient (Wildman–Crippen LogP) is 1.24. The summed E-state index contributed by atoms with van der Waals surface area (Å²) in [6, 6.07) is 0. The molecule has 7 heavy (non-hydrogen) atoms. The van der Waals surface area contributed by atoms with E-state index in [0.29, 0.717) is 11.0 Å². The van der Waals surface area contributed by atoms with E-state index < -0.39 is 0 Å². The fraction of sp³-hybridized carbons (Fsp3) is 0.667. The molecule has 0 atom stereocenters. The van der Waals surface area contributed by atoms with Gasteiger partial charge < -0.3 is 4.74 Å². The van der Waals surface area contributed by atoms with Crippen molar-refractivity contribution in [1.82, 2.24) is 0 Å². The van der Waals surface area contributed by atoms with Crippen LogP contribution in [0.2, 0.25) is 0 Å². The second-order valence-corrected chi connectivity index (χ2v) is 1.78. The first-order chi connectivity index (χ1) is 2.77. The number of thiocarbonyl (C=S) groups is 1. The molecule has 0 saturated heterocycles. The summed E-state index contributed by atoms with van der Waals surface area (Å²) in [4.78, 5) is 0. The number of thiol groups is 1. The van der Waals surface area contributed by atoms with Crippen molar-refractivity contribution in [3.8, 4) is 0 Å². The van der Waals surface area contributed by atoms with E-state index in [1.54, 1.807) is 0 Å². The van der Waals surface area contributed by atoms with Gasteiger partial charge in [0.05, 0.1) is 6.61 Å². The average Bonchev–Trinajstić information content (AvgIpc) is 1.35. The second kappa shape index (κ2) is 6.86. The van der Waals surface area contributed by atoms with Crippen LogP contribution in [-0.2, 0) is 24.2 Å². The third-order valence-electron chi connectivity index (χ3n) is 0.268. The third-order valence-corrected chi connectivity index (χ3v) is 0.515. The zero-order valence-corrected chi connectivity index (χ0v) is 8.86. The molecule has 1 nitrogen and oxygen atoms in total. The Morgan fingerprint density at radius 2 is 2.29 bits per heavy atom. The van der Waals surface area contributed by atoms with Crippen LogP contribution in [0.4, 0.5) is 0 Å². The van der Waals surface area contributed by atoms with Gasteiger partial charge in [-0.1, -0.05) is 12.6 Å². The number of ether oxygens (including phenoxy) is 1. The molecule has 0 saturated carbocycles. The smallest absolute Gasteiger partial charge is 0.216 e. The molecule has 0 unspecified atom stereocenters. The van der Waals surface area contributed by atoms with Crippen LogP contribution in [-0.4, -0.2) is 11.0 Å². The van der Waals surface area contributed by atoms with E-state index in [9.17, 15) is 0 Å². The Morgan fingerprint density at radius 1 is 1.86 bits per heavy atom. The quantitative estimate of drug-likeness (QED) is 0.376. The summed E-state index contributed by atoms with van der Waals surface area (Å²) >= 11 is 8.12. The fourth-order valence-corrected chi connectivity index (χ4v) is 0.370. The van der Waals surface area contributed by atoms with Gasteiger partial charge in [0.15, 0.2) is 0 Å². The van der Waals surface area contributed by atoms with Crippen LogP contribution in [0.5, 0.6) is 0 Å². The normalized spacial score (nSPS) is 6.57.